The fourth-order valence-corrected chi connectivity index (χ4v) is 2.83. The Bertz CT molecular complexity index is 826. The summed E-state index contributed by atoms with van der Waals surface area (Å²) >= 11 is 11.7. The van der Waals surface area contributed by atoms with Gasteiger partial charge in [-0.3, -0.25) is 9.78 Å². The first-order chi connectivity index (χ1) is 10.6. The molecule has 3 rings (SSSR count). The maximum atomic E-state index is 13.6. The SMILES string of the molecule is Oc1c2cn(-c3c(Cl)cc(C(F)(F)F)cc3Cl)[nH]c-2c(F)c1F. The van der Waals surface area contributed by atoms with E-state index in [9.17, 15) is 27.1 Å². The number of nitrogens with one attached hydrogen (secondary N) is 1. The highest BCUT2D eigenvalue weighted by molar-refractivity contribution is 6.37. The molecule has 0 saturated carbocycles. The second-order valence-corrected chi connectivity index (χ2v) is 5.48. The Labute approximate surface area is 135 Å². The molecular formula is C13H5Cl2F5N2O. The maximum Gasteiger partial charge on any atom is 0.416 e. The van der Waals surface area contributed by atoms with Crippen molar-refractivity contribution in [3.05, 3.63) is 45.6 Å². The zero-order chi connectivity index (χ0) is 17.1. The summed E-state index contributed by atoms with van der Waals surface area (Å²) in [4.78, 5) is 0. The molecule has 1 aromatic rings. The first-order valence-electron chi connectivity index (χ1n) is 5.95. The van der Waals surface area contributed by atoms with E-state index in [1.54, 1.807) is 0 Å². The van der Waals surface area contributed by atoms with Gasteiger partial charge in [-0.2, -0.15) is 17.6 Å². The first-order valence-corrected chi connectivity index (χ1v) is 6.70. The topological polar surface area (TPSA) is 41.0 Å². The molecule has 23 heavy (non-hydrogen) atoms. The molecule has 3 nitrogen and oxygen atoms in total. The highest BCUT2D eigenvalue weighted by atomic mass is 35.5. The Kier molecular flexibility index (Phi) is 3.49. The molecule has 0 aromatic heterocycles. The lowest BCUT2D eigenvalue weighted by atomic mass is 10.2. The molecule has 0 saturated heterocycles. The van der Waals surface area contributed by atoms with Crippen molar-refractivity contribution >= 4 is 23.2 Å². The lowest BCUT2D eigenvalue weighted by molar-refractivity contribution is -0.137. The summed E-state index contributed by atoms with van der Waals surface area (Å²) in [5.74, 6) is -3.68. The van der Waals surface area contributed by atoms with Crippen molar-refractivity contribution in [2.45, 2.75) is 6.18 Å². The molecule has 2 aliphatic rings. The van der Waals surface area contributed by atoms with Crippen LogP contribution in [0.15, 0.2) is 18.3 Å². The van der Waals surface area contributed by atoms with Crippen LogP contribution in [0.5, 0.6) is 5.75 Å². The third kappa shape index (κ3) is 2.42. The minimum absolute atomic E-state index is 0.100. The summed E-state index contributed by atoms with van der Waals surface area (Å²) in [7, 11) is 0. The molecule has 2 N–H and O–H groups in total. The van der Waals surface area contributed by atoms with Gasteiger partial charge in [0.05, 0.1) is 26.9 Å². The summed E-state index contributed by atoms with van der Waals surface area (Å²) < 4.78 is 65.9. The maximum absolute atomic E-state index is 13.6. The molecule has 0 unspecified atom stereocenters. The summed E-state index contributed by atoms with van der Waals surface area (Å²) in [6.07, 6.45) is -3.57. The van der Waals surface area contributed by atoms with Gasteiger partial charge in [-0.1, -0.05) is 23.2 Å². The van der Waals surface area contributed by atoms with Crippen LogP contribution in [-0.2, 0) is 6.18 Å². The molecule has 0 atom stereocenters. The molecule has 1 aromatic carbocycles. The number of nitrogens with zero attached hydrogens (tertiary/aromatic N) is 1. The van der Waals surface area contributed by atoms with Crippen molar-refractivity contribution in [1.29, 1.82) is 0 Å². The van der Waals surface area contributed by atoms with Gasteiger partial charge in [0.15, 0.2) is 11.6 Å². The number of halogens is 7. The van der Waals surface area contributed by atoms with Crippen LogP contribution in [0.25, 0.3) is 16.9 Å². The van der Waals surface area contributed by atoms with E-state index in [0.29, 0.717) is 12.1 Å². The van der Waals surface area contributed by atoms with E-state index in [-0.39, 0.29) is 27.0 Å². The molecule has 0 radical (unpaired) electrons. The Morgan fingerprint density at radius 3 is 2.09 bits per heavy atom. The number of rotatable bonds is 1. The molecule has 1 heterocycles. The molecule has 0 bridgehead atoms. The summed E-state index contributed by atoms with van der Waals surface area (Å²) in [6, 6.07) is 1.30. The third-order valence-corrected chi connectivity index (χ3v) is 3.80. The highest BCUT2D eigenvalue weighted by Crippen LogP contribution is 2.42. The van der Waals surface area contributed by atoms with Gasteiger partial charge in [-0.05, 0) is 12.1 Å². The summed E-state index contributed by atoms with van der Waals surface area (Å²) in [5.41, 5.74) is -1.72. The summed E-state index contributed by atoms with van der Waals surface area (Å²) in [5, 5.41) is 11.1. The number of hydrogen-bond acceptors (Lipinski definition) is 1. The van der Waals surface area contributed by atoms with E-state index in [4.69, 9.17) is 23.2 Å². The Morgan fingerprint density at radius 1 is 1.04 bits per heavy atom. The van der Waals surface area contributed by atoms with Crippen LogP contribution in [0.2, 0.25) is 10.0 Å². The second-order valence-electron chi connectivity index (χ2n) is 4.66. The molecule has 0 amide bonds. The van der Waals surface area contributed by atoms with Crippen molar-refractivity contribution in [3.63, 3.8) is 0 Å². The minimum Gasteiger partial charge on any atom is -0.504 e. The molecule has 10 heteroatoms. The van der Waals surface area contributed by atoms with Gasteiger partial charge < -0.3 is 5.11 Å². The van der Waals surface area contributed by atoms with E-state index >= 15 is 0 Å². The zero-order valence-electron chi connectivity index (χ0n) is 10.8. The van der Waals surface area contributed by atoms with Crippen LogP contribution in [-0.4, -0.2) is 14.9 Å². The summed E-state index contributed by atoms with van der Waals surface area (Å²) in [6.45, 7) is 0. The van der Waals surface area contributed by atoms with Crippen LogP contribution in [0.1, 0.15) is 5.56 Å². The second kappa shape index (κ2) is 5.04. The quantitative estimate of drug-likeness (QED) is 0.566. The number of aromatic amines is 1. The Morgan fingerprint density at radius 2 is 1.61 bits per heavy atom. The third-order valence-electron chi connectivity index (χ3n) is 3.22. The van der Waals surface area contributed by atoms with Crippen LogP contribution >= 0.6 is 23.2 Å². The van der Waals surface area contributed by atoms with Gasteiger partial charge in [0, 0.05) is 6.20 Å². The average Bonchev–Trinajstić information content (AvgIpc) is 2.94. The number of fused-ring (bicyclic) bond motifs is 1. The smallest absolute Gasteiger partial charge is 0.416 e. The predicted octanol–water partition coefficient (Wildman–Crippen LogP) is 5.22. The van der Waals surface area contributed by atoms with Gasteiger partial charge in [0.1, 0.15) is 5.69 Å². The lowest BCUT2D eigenvalue weighted by Crippen LogP contribution is -2.07. The van der Waals surface area contributed by atoms with Crippen molar-refractivity contribution in [2.75, 3.05) is 0 Å². The number of hydrogen-bond donors (Lipinski definition) is 2. The Balaban J connectivity index is 2.20. The minimum atomic E-state index is -4.64. The first kappa shape index (κ1) is 15.9. The monoisotopic (exact) mass is 370 g/mol. The number of aromatic hydroxyl groups is 1. The van der Waals surface area contributed by atoms with E-state index in [2.05, 4.69) is 5.10 Å². The van der Waals surface area contributed by atoms with E-state index in [0.717, 1.165) is 10.9 Å². The van der Waals surface area contributed by atoms with Gasteiger partial charge in [0.2, 0.25) is 5.82 Å². The van der Waals surface area contributed by atoms with Gasteiger partial charge in [-0.25, -0.2) is 4.39 Å². The van der Waals surface area contributed by atoms with E-state index in [1.807, 2.05) is 0 Å². The predicted molar refractivity (Wildman–Crippen MR) is 73.3 cm³/mol. The molecule has 1 aliphatic heterocycles. The van der Waals surface area contributed by atoms with Crippen molar-refractivity contribution in [2.24, 2.45) is 0 Å². The number of H-pyrrole nitrogens is 1. The molecule has 122 valence electrons. The zero-order valence-corrected chi connectivity index (χ0v) is 12.3. The van der Waals surface area contributed by atoms with Gasteiger partial charge in [0.25, 0.3) is 0 Å². The van der Waals surface area contributed by atoms with Crippen LogP contribution in [0, 0.1) is 11.6 Å². The van der Waals surface area contributed by atoms with Crippen molar-refractivity contribution in [1.82, 2.24) is 9.78 Å². The Hall–Kier alpha value is -1.93. The van der Waals surface area contributed by atoms with E-state index < -0.39 is 29.1 Å². The normalized spacial score (nSPS) is 12.3. The van der Waals surface area contributed by atoms with E-state index in [1.165, 1.54) is 0 Å². The number of alkyl halides is 3. The van der Waals surface area contributed by atoms with Crippen molar-refractivity contribution in [3.8, 4) is 22.7 Å². The molecule has 1 aliphatic carbocycles. The standard InChI is InChI=1S/C13H5Cl2F5N2O/c14-6-1-4(13(18,19)20)2-7(15)11(6)22-3-5-10(21-22)8(16)9(17)12(5)23/h1-3,21,23H. The largest absolute Gasteiger partial charge is 0.504 e. The van der Waals surface area contributed by atoms with Crippen LogP contribution in [0.3, 0.4) is 0 Å². The lowest BCUT2D eigenvalue weighted by Gasteiger charge is -2.12. The average molecular weight is 371 g/mol. The van der Waals surface area contributed by atoms with Crippen molar-refractivity contribution < 1.29 is 27.1 Å². The van der Waals surface area contributed by atoms with Crippen LogP contribution < -0.4 is 0 Å². The molecular weight excluding hydrogens is 366 g/mol. The van der Waals surface area contributed by atoms with Gasteiger partial charge in [-0.15, -0.1) is 0 Å². The molecule has 0 fully saturated rings. The fourth-order valence-electron chi connectivity index (χ4n) is 2.17. The molecule has 0 spiro atoms. The number of aromatic nitrogens is 2. The highest BCUT2D eigenvalue weighted by Gasteiger charge is 2.33. The van der Waals surface area contributed by atoms with Crippen LogP contribution in [0.4, 0.5) is 22.0 Å². The fraction of sp³-hybridized carbons (Fsp3) is 0.0769. The van der Waals surface area contributed by atoms with Gasteiger partial charge >= 0.3 is 6.18 Å². The number of benzene rings is 1.